The number of hydrogen-bond donors (Lipinski definition) is 2. The number of nitrogens with zero attached hydrogens (tertiary/aromatic N) is 1. The topological polar surface area (TPSA) is 68.0 Å². The van der Waals surface area contributed by atoms with Crippen molar-refractivity contribution in [1.82, 2.24) is 10.3 Å². The van der Waals surface area contributed by atoms with E-state index in [9.17, 15) is 4.79 Å². The zero-order chi connectivity index (χ0) is 13.9. The van der Waals surface area contributed by atoms with Gasteiger partial charge in [-0.2, -0.15) is 0 Å². The van der Waals surface area contributed by atoms with Crippen LogP contribution in [0.1, 0.15) is 51.0 Å². The molecule has 1 unspecified atom stereocenters. The van der Waals surface area contributed by atoms with Crippen molar-refractivity contribution in [2.75, 3.05) is 0 Å². The Hall–Kier alpha value is -0.940. The number of aromatic nitrogens is 1. The molecule has 0 aromatic carbocycles. The summed E-state index contributed by atoms with van der Waals surface area (Å²) in [5, 5.41) is 6.06. The number of carbonyl (C=O) groups excluding carboxylic acids is 1. The van der Waals surface area contributed by atoms with Gasteiger partial charge in [0.25, 0.3) is 0 Å². The van der Waals surface area contributed by atoms with Crippen molar-refractivity contribution in [3.05, 3.63) is 16.6 Å². The minimum atomic E-state index is -0.353. The Kier molecular flexibility index (Phi) is 4.58. The zero-order valence-electron chi connectivity index (χ0n) is 11.7. The summed E-state index contributed by atoms with van der Waals surface area (Å²) in [6.07, 6.45) is 6.44. The smallest absolute Gasteiger partial charge is 0.221 e. The normalized spacial score (nSPS) is 26.1. The first-order chi connectivity index (χ1) is 9.05. The highest BCUT2D eigenvalue weighted by molar-refractivity contribution is 7.09. The fourth-order valence-corrected chi connectivity index (χ4v) is 3.53. The van der Waals surface area contributed by atoms with Crippen molar-refractivity contribution in [3.63, 3.8) is 0 Å². The average molecular weight is 281 g/mol. The van der Waals surface area contributed by atoms with Crippen molar-refractivity contribution < 1.29 is 4.79 Å². The Labute approximate surface area is 118 Å². The van der Waals surface area contributed by atoms with Crippen molar-refractivity contribution in [3.8, 4) is 0 Å². The zero-order valence-corrected chi connectivity index (χ0v) is 12.5. The molecule has 1 aromatic rings. The van der Waals surface area contributed by atoms with Gasteiger partial charge in [0.2, 0.25) is 5.91 Å². The van der Waals surface area contributed by atoms with E-state index in [4.69, 9.17) is 5.73 Å². The van der Waals surface area contributed by atoms with Crippen molar-refractivity contribution >= 4 is 17.2 Å². The fraction of sp³-hybridized carbons (Fsp3) is 0.714. The highest BCUT2D eigenvalue weighted by atomic mass is 32.1. The van der Waals surface area contributed by atoms with Gasteiger partial charge in [-0.05, 0) is 32.1 Å². The maximum Gasteiger partial charge on any atom is 0.221 e. The van der Waals surface area contributed by atoms with Gasteiger partial charge in [-0.15, -0.1) is 11.3 Å². The molecule has 0 spiro atoms. The summed E-state index contributed by atoms with van der Waals surface area (Å²) in [6, 6.07) is 0.193. The van der Waals surface area contributed by atoms with Crippen LogP contribution in [0.4, 0.5) is 0 Å². The Bertz CT molecular complexity index is 420. The van der Waals surface area contributed by atoms with Crippen LogP contribution in [0, 0.1) is 5.92 Å². The van der Waals surface area contributed by atoms with Crippen LogP contribution in [0.3, 0.4) is 0 Å². The first kappa shape index (κ1) is 14.5. The van der Waals surface area contributed by atoms with E-state index in [-0.39, 0.29) is 17.5 Å². The highest BCUT2D eigenvalue weighted by Gasteiger charge is 2.32. The molecule has 1 amide bonds. The highest BCUT2D eigenvalue weighted by Crippen LogP contribution is 2.29. The van der Waals surface area contributed by atoms with E-state index in [1.807, 2.05) is 12.3 Å². The molecule has 1 heterocycles. The molecule has 2 rings (SSSR count). The molecule has 19 heavy (non-hydrogen) atoms. The molecule has 4 nitrogen and oxygen atoms in total. The predicted molar refractivity (Wildman–Crippen MR) is 77.8 cm³/mol. The summed E-state index contributed by atoms with van der Waals surface area (Å²) in [5.41, 5.74) is 5.67. The number of carbonyl (C=O) groups is 1. The van der Waals surface area contributed by atoms with E-state index in [0.29, 0.717) is 12.3 Å². The van der Waals surface area contributed by atoms with Gasteiger partial charge in [0.05, 0.1) is 5.54 Å². The lowest BCUT2D eigenvalue weighted by atomic mass is 9.96. The minimum Gasteiger partial charge on any atom is -0.344 e. The van der Waals surface area contributed by atoms with E-state index >= 15 is 0 Å². The summed E-state index contributed by atoms with van der Waals surface area (Å²) in [6.45, 7) is 4.11. The third-order valence-corrected chi connectivity index (χ3v) is 5.23. The monoisotopic (exact) mass is 281 g/mol. The van der Waals surface area contributed by atoms with Crippen LogP contribution in [0.15, 0.2) is 11.6 Å². The maximum absolute atomic E-state index is 12.2. The number of rotatable bonds is 5. The summed E-state index contributed by atoms with van der Waals surface area (Å²) in [4.78, 5) is 16.6. The Morgan fingerprint density at radius 2 is 2.42 bits per heavy atom. The van der Waals surface area contributed by atoms with Gasteiger partial charge in [0.1, 0.15) is 5.01 Å². The second-order valence-electron chi connectivity index (χ2n) is 5.63. The average Bonchev–Trinajstić information content (AvgIpc) is 3.02. The largest absolute Gasteiger partial charge is 0.344 e. The molecule has 106 valence electrons. The molecule has 1 saturated carbocycles. The number of nitrogens with one attached hydrogen (secondary N) is 1. The third-order valence-electron chi connectivity index (χ3n) is 4.19. The number of nitrogens with two attached hydrogens (primary N) is 1. The minimum absolute atomic E-state index is 0.0990. The molecule has 3 N–H and O–H groups in total. The lowest BCUT2D eigenvalue weighted by Gasteiger charge is -2.28. The van der Waals surface area contributed by atoms with Gasteiger partial charge in [0, 0.05) is 24.0 Å². The number of hydrogen-bond acceptors (Lipinski definition) is 4. The van der Waals surface area contributed by atoms with Gasteiger partial charge >= 0.3 is 0 Å². The van der Waals surface area contributed by atoms with Crippen LogP contribution < -0.4 is 11.1 Å². The predicted octanol–water partition coefficient (Wildman–Crippen LogP) is 2.40. The van der Waals surface area contributed by atoms with Gasteiger partial charge in [0.15, 0.2) is 0 Å². The second-order valence-corrected chi connectivity index (χ2v) is 6.52. The van der Waals surface area contributed by atoms with Crippen LogP contribution in [-0.2, 0) is 10.3 Å². The number of thiazole rings is 1. The molecule has 0 saturated heterocycles. The van der Waals surface area contributed by atoms with Crippen molar-refractivity contribution in [2.45, 2.75) is 57.5 Å². The fourth-order valence-electron chi connectivity index (χ4n) is 2.70. The molecule has 1 fully saturated rings. The van der Waals surface area contributed by atoms with Crippen LogP contribution >= 0.6 is 11.3 Å². The van der Waals surface area contributed by atoms with Crippen LogP contribution in [0.2, 0.25) is 0 Å². The van der Waals surface area contributed by atoms with Crippen molar-refractivity contribution in [2.24, 2.45) is 11.7 Å². The molecule has 1 aliphatic rings. The lowest BCUT2D eigenvalue weighted by Crippen LogP contribution is -2.44. The number of amides is 1. The van der Waals surface area contributed by atoms with E-state index in [0.717, 1.165) is 30.7 Å². The first-order valence-corrected chi connectivity index (χ1v) is 7.89. The van der Waals surface area contributed by atoms with Gasteiger partial charge in [-0.25, -0.2) is 4.98 Å². The molecule has 3 atom stereocenters. The summed E-state index contributed by atoms with van der Waals surface area (Å²) in [7, 11) is 0. The Morgan fingerprint density at radius 3 is 2.95 bits per heavy atom. The van der Waals surface area contributed by atoms with E-state index < -0.39 is 0 Å². The van der Waals surface area contributed by atoms with Crippen molar-refractivity contribution in [1.29, 1.82) is 0 Å². The SMILES string of the molecule is CCC(C)(NC(=O)C[C@@H]1CCC[C@H]1N)c1nccs1. The quantitative estimate of drug-likeness (QED) is 0.871. The molecule has 5 heteroatoms. The standard InChI is InChI=1S/C14H23N3OS/c1-3-14(2,13-16-7-8-19-13)17-12(18)9-10-5-4-6-11(10)15/h7-8,10-11H,3-6,9,15H2,1-2H3,(H,17,18)/t10-,11+,14?/m0/s1. The Morgan fingerprint density at radius 1 is 1.63 bits per heavy atom. The van der Waals surface area contributed by atoms with E-state index in [2.05, 4.69) is 17.2 Å². The molecule has 0 radical (unpaired) electrons. The van der Waals surface area contributed by atoms with E-state index in [1.165, 1.54) is 0 Å². The van der Waals surface area contributed by atoms with Crippen LogP contribution in [0.25, 0.3) is 0 Å². The van der Waals surface area contributed by atoms with Crippen LogP contribution in [0.5, 0.6) is 0 Å². The Balaban J connectivity index is 1.96. The molecule has 0 bridgehead atoms. The summed E-state index contributed by atoms with van der Waals surface area (Å²) < 4.78 is 0. The lowest BCUT2D eigenvalue weighted by molar-refractivity contribution is -0.124. The molecule has 0 aliphatic heterocycles. The second kappa shape index (κ2) is 6.01. The van der Waals surface area contributed by atoms with Gasteiger partial charge in [-0.3, -0.25) is 4.79 Å². The van der Waals surface area contributed by atoms with Gasteiger partial charge < -0.3 is 11.1 Å². The third kappa shape index (κ3) is 3.34. The van der Waals surface area contributed by atoms with Gasteiger partial charge in [-0.1, -0.05) is 13.3 Å². The first-order valence-electron chi connectivity index (χ1n) is 7.01. The molecular weight excluding hydrogens is 258 g/mol. The molecule has 1 aliphatic carbocycles. The molecular formula is C14H23N3OS. The summed E-state index contributed by atoms with van der Waals surface area (Å²) in [5.74, 6) is 0.444. The van der Waals surface area contributed by atoms with E-state index in [1.54, 1.807) is 17.5 Å². The van der Waals surface area contributed by atoms with Crippen LogP contribution in [-0.4, -0.2) is 16.9 Å². The maximum atomic E-state index is 12.2. The summed E-state index contributed by atoms with van der Waals surface area (Å²) >= 11 is 1.59. The molecule has 1 aromatic heterocycles.